The molecule has 1 fully saturated rings. The van der Waals surface area contributed by atoms with Gasteiger partial charge in [0.15, 0.2) is 0 Å². The lowest BCUT2D eigenvalue weighted by molar-refractivity contribution is -0.137. The van der Waals surface area contributed by atoms with E-state index in [1.807, 2.05) is 0 Å². The van der Waals surface area contributed by atoms with E-state index < -0.39 is 23.7 Å². The van der Waals surface area contributed by atoms with Crippen molar-refractivity contribution in [3.05, 3.63) is 35.5 Å². The number of halogens is 3. The van der Waals surface area contributed by atoms with Crippen molar-refractivity contribution in [1.29, 1.82) is 0 Å². The fraction of sp³-hybridized carbons (Fsp3) is 0.375. The third-order valence-electron chi connectivity index (χ3n) is 4.34. The van der Waals surface area contributed by atoms with Gasteiger partial charge in [-0.15, -0.1) is 0 Å². The zero-order valence-corrected chi connectivity index (χ0v) is 13.1. The first-order chi connectivity index (χ1) is 11.2. The van der Waals surface area contributed by atoms with Crippen LogP contribution in [0, 0.1) is 0 Å². The molecule has 1 atom stereocenters. The minimum Gasteiger partial charge on any atom is -0.344 e. The molecule has 128 valence electrons. The molecule has 0 saturated carbocycles. The largest absolute Gasteiger partial charge is 0.416 e. The number of hydrogen-bond acceptors (Lipinski definition) is 2. The molecule has 5 nitrogen and oxygen atoms in total. The molecule has 2 aromatic rings. The molecular weight excluding hydrogens is 323 g/mol. The van der Waals surface area contributed by atoms with E-state index >= 15 is 0 Å². The van der Waals surface area contributed by atoms with E-state index in [-0.39, 0.29) is 11.6 Å². The Kier molecular flexibility index (Phi) is 3.77. The van der Waals surface area contributed by atoms with Crippen LogP contribution < -0.4 is 5.32 Å². The Morgan fingerprint density at radius 1 is 1.25 bits per heavy atom. The molecule has 1 aliphatic rings. The first kappa shape index (κ1) is 16.4. The van der Waals surface area contributed by atoms with Gasteiger partial charge >= 0.3 is 6.18 Å². The summed E-state index contributed by atoms with van der Waals surface area (Å²) in [5.41, 5.74) is -0.0325. The van der Waals surface area contributed by atoms with Gasteiger partial charge in [0.1, 0.15) is 11.7 Å². The van der Waals surface area contributed by atoms with Crippen molar-refractivity contribution < 1.29 is 22.8 Å². The van der Waals surface area contributed by atoms with Crippen LogP contribution in [0.3, 0.4) is 0 Å². The molecule has 3 rings (SSSR count). The second kappa shape index (κ2) is 5.54. The summed E-state index contributed by atoms with van der Waals surface area (Å²) in [6, 6.07) is 4.15. The lowest BCUT2D eigenvalue weighted by Gasteiger charge is -2.12. The zero-order valence-electron chi connectivity index (χ0n) is 13.1. The number of benzene rings is 1. The van der Waals surface area contributed by atoms with Gasteiger partial charge in [-0.3, -0.25) is 9.59 Å². The van der Waals surface area contributed by atoms with Crippen LogP contribution in [0.25, 0.3) is 10.9 Å². The van der Waals surface area contributed by atoms with E-state index in [2.05, 4.69) is 5.32 Å². The third kappa shape index (κ3) is 2.72. The Hall–Kier alpha value is -2.51. The van der Waals surface area contributed by atoms with Crippen molar-refractivity contribution in [2.75, 3.05) is 13.6 Å². The molecule has 1 aromatic heterocycles. The quantitative estimate of drug-likeness (QED) is 0.912. The molecule has 1 aliphatic heterocycles. The van der Waals surface area contributed by atoms with Crippen molar-refractivity contribution in [1.82, 2.24) is 14.8 Å². The van der Waals surface area contributed by atoms with Gasteiger partial charge < -0.3 is 14.8 Å². The monoisotopic (exact) mass is 339 g/mol. The van der Waals surface area contributed by atoms with Crippen molar-refractivity contribution >= 4 is 22.7 Å². The molecule has 0 spiro atoms. The smallest absolute Gasteiger partial charge is 0.344 e. The van der Waals surface area contributed by atoms with E-state index in [1.165, 1.54) is 21.6 Å². The molecule has 1 aromatic carbocycles. The van der Waals surface area contributed by atoms with Gasteiger partial charge in [-0.2, -0.15) is 13.2 Å². The highest BCUT2D eigenvalue weighted by molar-refractivity contribution is 6.01. The van der Waals surface area contributed by atoms with Crippen LogP contribution in [-0.2, 0) is 18.0 Å². The van der Waals surface area contributed by atoms with Crippen molar-refractivity contribution in [2.24, 2.45) is 7.05 Å². The lowest BCUT2D eigenvalue weighted by atomic mass is 10.1. The lowest BCUT2D eigenvalue weighted by Crippen LogP contribution is -2.41. The van der Waals surface area contributed by atoms with Gasteiger partial charge in [0.05, 0.1) is 5.56 Å². The van der Waals surface area contributed by atoms with Crippen LogP contribution in [0.2, 0.25) is 0 Å². The number of amides is 2. The minimum absolute atomic E-state index is 0.165. The Labute approximate surface area is 136 Å². The standard InChI is InChI=1S/C16H16F3N3O2/c1-21-6-5-11(15(21)24)20-14(23)13-8-9-7-10(16(17,18)19)3-4-12(9)22(13)2/h3-4,7-8,11H,5-6H2,1-2H3,(H,20,23)/t11-/m1/s1. The Bertz CT molecular complexity index is 826. The fourth-order valence-electron chi connectivity index (χ4n) is 2.93. The number of likely N-dealkylation sites (N-methyl/N-ethyl adjacent to an activating group) is 1. The van der Waals surface area contributed by atoms with Crippen LogP contribution in [0.15, 0.2) is 24.3 Å². The number of hydrogen-bond donors (Lipinski definition) is 1. The Morgan fingerprint density at radius 2 is 1.96 bits per heavy atom. The first-order valence-electron chi connectivity index (χ1n) is 7.41. The van der Waals surface area contributed by atoms with Gasteiger partial charge in [0.2, 0.25) is 5.91 Å². The number of nitrogens with one attached hydrogen (secondary N) is 1. The summed E-state index contributed by atoms with van der Waals surface area (Å²) < 4.78 is 39.9. The van der Waals surface area contributed by atoms with E-state index in [4.69, 9.17) is 0 Å². The SMILES string of the molecule is CN1CC[C@@H](NC(=O)c2cc3cc(C(F)(F)F)ccc3n2C)C1=O. The summed E-state index contributed by atoms with van der Waals surface area (Å²) in [4.78, 5) is 25.8. The average molecular weight is 339 g/mol. The van der Waals surface area contributed by atoms with Crippen molar-refractivity contribution in [2.45, 2.75) is 18.6 Å². The van der Waals surface area contributed by atoms with Crippen LogP contribution in [0.1, 0.15) is 22.5 Å². The Balaban J connectivity index is 1.90. The zero-order chi connectivity index (χ0) is 17.6. The highest BCUT2D eigenvalue weighted by Gasteiger charge is 2.32. The van der Waals surface area contributed by atoms with Crippen LogP contribution in [0.5, 0.6) is 0 Å². The number of likely N-dealkylation sites (tertiary alicyclic amines) is 1. The number of fused-ring (bicyclic) bond motifs is 1. The predicted octanol–water partition coefficient (Wildman–Crippen LogP) is 2.16. The number of carbonyl (C=O) groups is 2. The maximum absolute atomic E-state index is 12.8. The highest BCUT2D eigenvalue weighted by Crippen LogP contribution is 2.32. The minimum atomic E-state index is -4.44. The summed E-state index contributed by atoms with van der Waals surface area (Å²) >= 11 is 0. The van der Waals surface area contributed by atoms with Gasteiger partial charge in [-0.05, 0) is 30.7 Å². The summed E-state index contributed by atoms with van der Waals surface area (Å²) in [6.45, 7) is 0.563. The molecule has 0 unspecified atom stereocenters. The maximum atomic E-state index is 12.8. The van der Waals surface area contributed by atoms with Crippen LogP contribution >= 0.6 is 0 Å². The van der Waals surface area contributed by atoms with E-state index in [0.29, 0.717) is 23.9 Å². The predicted molar refractivity (Wildman–Crippen MR) is 81.4 cm³/mol. The van der Waals surface area contributed by atoms with Crippen LogP contribution in [-0.4, -0.2) is 40.9 Å². The van der Waals surface area contributed by atoms with Gasteiger partial charge in [0, 0.05) is 31.5 Å². The molecule has 2 amide bonds. The molecule has 1 N–H and O–H groups in total. The second-order valence-corrected chi connectivity index (χ2v) is 5.93. The van der Waals surface area contributed by atoms with Crippen LogP contribution in [0.4, 0.5) is 13.2 Å². The molecular formula is C16H16F3N3O2. The summed E-state index contributed by atoms with van der Waals surface area (Å²) in [7, 11) is 3.26. The van der Waals surface area contributed by atoms with Gasteiger partial charge in [-0.1, -0.05) is 0 Å². The topological polar surface area (TPSA) is 54.3 Å². The molecule has 0 bridgehead atoms. The molecule has 24 heavy (non-hydrogen) atoms. The number of alkyl halides is 3. The number of aryl methyl sites for hydroxylation is 1. The number of rotatable bonds is 2. The summed E-state index contributed by atoms with van der Waals surface area (Å²) in [5.74, 6) is -0.641. The number of nitrogens with zero attached hydrogens (tertiary/aromatic N) is 2. The Morgan fingerprint density at radius 3 is 2.54 bits per heavy atom. The number of aromatic nitrogens is 1. The molecule has 2 heterocycles. The third-order valence-corrected chi connectivity index (χ3v) is 4.34. The average Bonchev–Trinajstić information content (AvgIpc) is 3.01. The van der Waals surface area contributed by atoms with Crippen molar-refractivity contribution in [3.8, 4) is 0 Å². The van der Waals surface area contributed by atoms with Crippen molar-refractivity contribution in [3.63, 3.8) is 0 Å². The molecule has 1 saturated heterocycles. The van der Waals surface area contributed by atoms with E-state index in [0.717, 1.165) is 12.1 Å². The van der Waals surface area contributed by atoms with E-state index in [9.17, 15) is 22.8 Å². The normalized spacial score (nSPS) is 18.5. The van der Waals surface area contributed by atoms with E-state index in [1.54, 1.807) is 14.1 Å². The van der Waals surface area contributed by atoms with Gasteiger partial charge in [-0.25, -0.2) is 0 Å². The summed E-state index contributed by atoms with van der Waals surface area (Å²) in [6.07, 6.45) is -3.92. The number of carbonyl (C=O) groups excluding carboxylic acids is 2. The maximum Gasteiger partial charge on any atom is 0.416 e. The molecule has 0 radical (unpaired) electrons. The highest BCUT2D eigenvalue weighted by atomic mass is 19.4. The second-order valence-electron chi connectivity index (χ2n) is 5.93. The summed E-state index contributed by atoms with van der Waals surface area (Å²) in [5, 5.41) is 2.98. The fourth-order valence-corrected chi connectivity index (χ4v) is 2.93. The molecule has 0 aliphatic carbocycles. The first-order valence-corrected chi connectivity index (χ1v) is 7.41. The van der Waals surface area contributed by atoms with Gasteiger partial charge in [0.25, 0.3) is 5.91 Å². The molecule has 8 heteroatoms.